The molecule has 0 saturated carbocycles. The van der Waals surface area contributed by atoms with Crippen LogP contribution in [-0.2, 0) is 0 Å². The van der Waals surface area contributed by atoms with Gasteiger partial charge in [0.05, 0.1) is 0 Å². The molecule has 0 rings (SSSR count). The number of hydrogen-bond acceptors (Lipinski definition) is 0. The van der Waals surface area contributed by atoms with Crippen molar-refractivity contribution in [3.63, 3.8) is 0 Å². The first kappa shape index (κ1) is 20.4. The molecule has 0 saturated heterocycles. The third-order valence-electron chi connectivity index (χ3n) is 2.40. The highest BCUT2D eigenvalue weighted by Crippen LogP contribution is 2.35. The van der Waals surface area contributed by atoms with Crippen molar-refractivity contribution in [1.29, 1.82) is 0 Å². The van der Waals surface area contributed by atoms with Gasteiger partial charge < -0.3 is 0 Å². The Morgan fingerprint density at radius 1 is 0.733 bits per heavy atom. The Morgan fingerprint density at radius 2 is 1.00 bits per heavy atom. The van der Waals surface area contributed by atoms with Crippen molar-refractivity contribution in [2.45, 2.75) is 82.6 Å². The average Bonchev–Trinajstić information content (AvgIpc) is 2.07. The quantitative estimate of drug-likeness (QED) is 0.492. The van der Waals surface area contributed by atoms with Gasteiger partial charge in [-0.15, -0.1) is 0 Å². The van der Waals surface area contributed by atoms with E-state index < -0.39 is 0 Å². The zero-order valence-corrected chi connectivity index (χ0v) is 13.3. The standard InChI is InChI=1S/C11H24.2C2H6/c1-9(11(5,6)7)8-10(2,3)4;2*1-2/h9H,8H2,1-7H3;2*1-2H3. The maximum Gasteiger partial charge on any atom is -0.0357 e. The van der Waals surface area contributed by atoms with E-state index in [2.05, 4.69) is 48.5 Å². The van der Waals surface area contributed by atoms with Crippen LogP contribution in [-0.4, -0.2) is 0 Å². The third kappa shape index (κ3) is 16.7. The fourth-order valence-electron chi connectivity index (χ4n) is 1.22. The van der Waals surface area contributed by atoms with E-state index in [1.165, 1.54) is 6.42 Å². The molecule has 1 unspecified atom stereocenters. The van der Waals surface area contributed by atoms with E-state index in [-0.39, 0.29) is 0 Å². The summed E-state index contributed by atoms with van der Waals surface area (Å²) in [5.41, 5.74) is 0.944. The summed E-state index contributed by atoms with van der Waals surface area (Å²) in [5.74, 6) is 0.808. The van der Waals surface area contributed by atoms with Gasteiger partial charge in [-0.3, -0.25) is 0 Å². The van der Waals surface area contributed by atoms with Crippen LogP contribution in [0.1, 0.15) is 82.6 Å². The second kappa shape index (κ2) is 9.24. The molecule has 0 aliphatic carbocycles. The van der Waals surface area contributed by atoms with E-state index >= 15 is 0 Å². The normalized spacial score (nSPS) is 13.0. The van der Waals surface area contributed by atoms with Gasteiger partial charge in [-0.2, -0.15) is 0 Å². The molecule has 15 heavy (non-hydrogen) atoms. The predicted octanol–water partition coefficient (Wildman–Crippen LogP) is 6.16. The lowest BCUT2D eigenvalue weighted by Crippen LogP contribution is -2.22. The van der Waals surface area contributed by atoms with Gasteiger partial charge in [0.15, 0.2) is 0 Å². The van der Waals surface area contributed by atoms with Crippen molar-refractivity contribution in [1.82, 2.24) is 0 Å². The monoisotopic (exact) mass is 216 g/mol. The summed E-state index contributed by atoms with van der Waals surface area (Å²) < 4.78 is 0. The molecule has 0 bridgehead atoms. The minimum atomic E-state index is 0.466. The zero-order valence-electron chi connectivity index (χ0n) is 13.3. The van der Waals surface area contributed by atoms with E-state index in [1.54, 1.807) is 0 Å². The summed E-state index contributed by atoms with van der Waals surface area (Å²) in [6.07, 6.45) is 1.32. The van der Waals surface area contributed by atoms with Crippen molar-refractivity contribution < 1.29 is 0 Å². The van der Waals surface area contributed by atoms with E-state index in [0.29, 0.717) is 10.8 Å². The van der Waals surface area contributed by atoms with Gasteiger partial charge in [0.2, 0.25) is 0 Å². The van der Waals surface area contributed by atoms with Gasteiger partial charge in [0.1, 0.15) is 0 Å². The Bertz CT molecular complexity index is 109. The summed E-state index contributed by atoms with van der Waals surface area (Å²) in [6, 6.07) is 0. The average molecular weight is 216 g/mol. The van der Waals surface area contributed by atoms with Crippen molar-refractivity contribution in [2.75, 3.05) is 0 Å². The molecular weight excluding hydrogens is 180 g/mol. The summed E-state index contributed by atoms with van der Waals surface area (Å²) in [7, 11) is 0. The van der Waals surface area contributed by atoms with Crippen molar-refractivity contribution in [2.24, 2.45) is 16.7 Å². The summed E-state index contributed by atoms with van der Waals surface area (Å²) in [5, 5.41) is 0. The van der Waals surface area contributed by atoms with Gasteiger partial charge in [0.25, 0.3) is 0 Å². The van der Waals surface area contributed by atoms with Gasteiger partial charge >= 0.3 is 0 Å². The highest BCUT2D eigenvalue weighted by atomic mass is 14.3. The second-order valence-electron chi connectivity index (χ2n) is 6.03. The molecule has 0 aliphatic heterocycles. The molecule has 0 heterocycles. The van der Waals surface area contributed by atoms with Gasteiger partial charge in [-0.25, -0.2) is 0 Å². The molecule has 0 nitrogen and oxygen atoms in total. The molecule has 0 spiro atoms. The fourth-order valence-corrected chi connectivity index (χ4v) is 1.22. The zero-order chi connectivity index (χ0) is 13.3. The highest BCUT2D eigenvalue weighted by Gasteiger charge is 2.24. The first-order valence-electron chi connectivity index (χ1n) is 6.63. The molecule has 1 atom stereocenters. The van der Waals surface area contributed by atoms with Crippen molar-refractivity contribution in [3.05, 3.63) is 0 Å². The number of rotatable bonds is 1. The van der Waals surface area contributed by atoms with Crippen LogP contribution in [0.3, 0.4) is 0 Å². The Hall–Kier alpha value is 0. The molecule has 0 N–H and O–H groups in total. The second-order valence-corrected chi connectivity index (χ2v) is 6.03. The Morgan fingerprint density at radius 3 is 1.07 bits per heavy atom. The van der Waals surface area contributed by atoms with Crippen LogP contribution >= 0.6 is 0 Å². The summed E-state index contributed by atoms with van der Waals surface area (Å²) in [6.45, 7) is 24.3. The van der Waals surface area contributed by atoms with Crippen LogP contribution in [0.25, 0.3) is 0 Å². The fraction of sp³-hybridized carbons (Fsp3) is 1.00. The van der Waals surface area contributed by atoms with E-state index in [9.17, 15) is 0 Å². The first-order chi connectivity index (χ1) is 6.63. The van der Waals surface area contributed by atoms with Crippen molar-refractivity contribution in [3.8, 4) is 0 Å². The van der Waals surface area contributed by atoms with E-state index in [1.807, 2.05) is 27.7 Å². The lowest BCUT2D eigenvalue weighted by atomic mass is 9.73. The molecule has 0 heteroatoms. The molecule has 0 fully saturated rings. The molecule has 0 aliphatic rings. The minimum Gasteiger partial charge on any atom is -0.0683 e. The van der Waals surface area contributed by atoms with E-state index in [4.69, 9.17) is 0 Å². The van der Waals surface area contributed by atoms with Gasteiger partial charge in [-0.1, -0.05) is 76.2 Å². The minimum absolute atomic E-state index is 0.466. The molecule has 0 radical (unpaired) electrons. The van der Waals surface area contributed by atoms with Crippen LogP contribution in [0, 0.1) is 16.7 Å². The van der Waals surface area contributed by atoms with Crippen molar-refractivity contribution >= 4 is 0 Å². The Balaban J connectivity index is -0.000000318. The lowest BCUT2D eigenvalue weighted by Gasteiger charge is -2.32. The topological polar surface area (TPSA) is 0 Å². The van der Waals surface area contributed by atoms with Crippen LogP contribution in [0.2, 0.25) is 0 Å². The maximum absolute atomic E-state index is 2.35. The Kier molecular flexibility index (Phi) is 12.6. The van der Waals surface area contributed by atoms with Gasteiger partial charge in [-0.05, 0) is 23.2 Å². The summed E-state index contributed by atoms with van der Waals surface area (Å²) in [4.78, 5) is 0. The predicted molar refractivity (Wildman–Crippen MR) is 75.4 cm³/mol. The molecular formula is C15H36. The van der Waals surface area contributed by atoms with Crippen LogP contribution in [0.15, 0.2) is 0 Å². The first-order valence-corrected chi connectivity index (χ1v) is 6.63. The lowest BCUT2D eigenvalue weighted by molar-refractivity contribution is 0.182. The van der Waals surface area contributed by atoms with Crippen LogP contribution in [0.4, 0.5) is 0 Å². The number of hydrogen-bond donors (Lipinski definition) is 0. The molecule has 0 aromatic carbocycles. The molecule has 0 aromatic heterocycles. The third-order valence-corrected chi connectivity index (χ3v) is 2.40. The van der Waals surface area contributed by atoms with Gasteiger partial charge in [0, 0.05) is 0 Å². The van der Waals surface area contributed by atoms with E-state index in [0.717, 1.165) is 5.92 Å². The largest absolute Gasteiger partial charge is 0.0683 e. The smallest absolute Gasteiger partial charge is 0.0357 e. The highest BCUT2D eigenvalue weighted by molar-refractivity contribution is 4.75. The SMILES string of the molecule is CC.CC.CC(CC(C)(C)C)C(C)(C)C. The maximum atomic E-state index is 2.35. The summed E-state index contributed by atoms with van der Waals surface area (Å²) >= 11 is 0. The Labute approximate surface area is 99.9 Å². The molecule has 0 aromatic rings. The van der Waals surface area contributed by atoms with Crippen LogP contribution < -0.4 is 0 Å². The van der Waals surface area contributed by atoms with Crippen LogP contribution in [0.5, 0.6) is 0 Å². The molecule has 96 valence electrons. The molecule has 0 amide bonds.